The molecule has 2 rings (SSSR count). The summed E-state index contributed by atoms with van der Waals surface area (Å²) in [5.74, 6) is -0.800. The summed E-state index contributed by atoms with van der Waals surface area (Å²) in [4.78, 5) is 21.9. The number of sulfonamides is 1. The number of benzene rings is 1. The molecule has 1 atom stereocenters. The van der Waals surface area contributed by atoms with Crippen LogP contribution in [0.15, 0.2) is 40.6 Å². The molecule has 0 bridgehead atoms. The molecular formula is C14H13ClN2O6S2. The average Bonchev–Trinajstić information content (AvgIpc) is 3.01. The number of hydrogen-bond donors (Lipinski definition) is 1. The lowest BCUT2D eigenvalue weighted by molar-refractivity contribution is -0.380. The molecule has 0 aliphatic rings. The first-order valence-electron chi connectivity index (χ1n) is 6.85. The Balaban J connectivity index is 1.95. The molecule has 1 heterocycles. The molecule has 2 aromatic rings. The molecule has 1 aromatic heterocycles. The second kappa shape index (κ2) is 7.91. The Morgan fingerprint density at radius 1 is 1.40 bits per heavy atom. The van der Waals surface area contributed by atoms with E-state index in [4.69, 9.17) is 16.3 Å². The first-order chi connectivity index (χ1) is 11.7. The number of carbonyl (C=O) groups is 1. The normalized spacial score (nSPS) is 12.6. The Labute approximate surface area is 152 Å². The van der Waals surface area contributed by atoms with Gasteiger partial charge >= 0.3 is 11.0 Å². The molecule has 1 aromatic carbocycles. The van der Waals surface area contributed by atoms with Gasteiger partial charge in [-0.05, 0) is 31.2 Å². The van der Waals surface area contributed by atoms with E-state index in [1.165, 1.54) is 42.6 Å². The topological polar surface area (TPSA) is 116 Å². The number of ether oxygens (including phenoxy) is 1. The average molecular weight is 405 g/mol. The molecule has 0 aliphatic heterocycles. The molecule has 0 amide bonds. The van der Waals surface area contributed by atoms with E-state index in [2.05, 4.69) is 4.72 Å². The minimum Gasteiger partial charge on any atom is -0.460 e. The fraction of sp³-hybridized carbons (Fsp3) is 0.214. The monoisotopic (exact) mass is 404 g/mol. The highest BCUT2D eigenvalue weighted by atomic mass is 35.5. The summed E-state index contributed by atoms with van der Waals surface area (Å²) in [6, 6.07) is 5.63. The number of nitro groups is 1. The van der Waals surface area contributed by atoms with Gasteiger partial charge in [0.15, 0.2) is 0 Å². The van der Waals surface area contributed by atoms with E-state index in [9.17, 15) is 23.3 Å². The molecule has 0 fully saturated rings. The van der Waals surface area contributed by atoms with Crippen LogP contribution in [-0.2, 0) is 26.2 Å². The predicted octanol–water partition coefficient (Wildman–Crippen LogP) is 2.72. The van der Waals surface area contributed by atoms with E-state index in [0.29, 0.717) is 10.6 Å². The van der Waals surface area contributed by atoms with Gasteiger partial charge in [-0.25, -0.2) is 8.42 Å². The Morgan fingerprint density at radius 2 is 2.04 bits per heavy atom. The summed E-state index contributed by atoms with van der Waals surface area (Å²) in [6.45, 7) is 1.15. The van der Waals surface area contributed by atoms with Crippen LogP contribution in [0.2, 0.25) is 5.02 Å². The van der Waals surface area contributed by atoms with Crippen molar-refractivity contribution in [3.8, 4) is 0 Å². The van der Waals surface area contributed by atoms with Crippen LogP contribution in [-0.4, -0.2) is 25.4 Å². The summed E-state index contributed by atoms with van der Waals surface area (Å²) in [5.41, 5.74) is 0.456. The number of rotatable bonds is 7. The molecule has 1 N–H and O–H groups in total. The van der Waals surface area contributed by atoms with E-state index in [0.717, 1.165) is 11.3 Å². The van der Waals surface area contributed by atoms with Crippen LogP contribution in [0.3, 0.4) is 0 Å². The maximum Gasteiger partial charge on any atom is 0.324 e. The lowest BCUT2D eigenvalue weighted by Crippen LogP contribution is -2.39. The van der Waals surface area contributed by atoms with Crippen molar-refractivity contribution in [2.24, 2.45) is 0 Å². The highest BCUT2D eigenvalue weighted by Gasteiger charge is 2.23. The number of nitrogens with one attached hydrogen (secondary N) is 1. The third-order valence-corrected chi connectivity index (χ3v) is 5.75. The van der Waals surface area contributed by atoms with Crippen molar-refractivity contribution in [1.82, 2.24) is 4.72 Å². The molecule has 134 valence electrons. The van der Waals surface area contributed by atoms with E-state index >= 15 is 0 Å². The maximum atomic E-state index is 12.2. The van der Waals surface area contributed by atoms with Gasteiger partial charge in [-0.3, -0.25) is 14.9 Å². The van der Waals surface area contributed by atoms with Crippen LogP contribution in [0.25, 0.3) is 0 Å². The smallest absolute Gasteiger partial charge is 0.324 e. The van der Waals surface area contributed by atoms with Gasteiger partial charge in [0.2, 0.25) is 10.0 Å². The zero-order valence-electron chi connectivity index (χ0n) is 12.8. The van der Waals surface area contributed by atoms with E-state index in [1.807, 2.05) is 0 Å². The Hall–Kier alpha value is -2.01. The van der Waals surface area contributed by atoms with E-state index < -0.39 is 27.0 Å². The van der Waals surface area contributed by atoms with Gasteiger partial charge in [-0.15, -0.1) is 0 Å². The van der Waals surface area contributed by atoms with Crippen molar-refractivity contribution in [2.75, 3.05) is 0 Å². The largest absolute Gasteiger partial charge is 0.460 e. The molecule has 0 unspecified atom stereocenters. The van der Waals surface area contributed by atoms with Crippen molar-refractivity contribution < 1.29 is 22.9 Å². The number of hydrogen-bond acceptors (Lipinski definition) is 7. The number of esters is 1. The number of thiophene rings is 1. The van der Waals surface area contributed by atoms with Crippen LogP contribution in [0, 0.1) is 10.1 Å². The SMILES string of the molecule is C[C@H](NS(=O)(=O)c1ccc(Cl)cc1)C(=O)OCc1csc([N+](=O)[O-])c1. The predicted molar refractivity (Wildman–Crippen MR) is 92.0 cm³/mol. The van der Waals surface area contributed by atoms with Gasteiger partial charge in [-0.2, -0.15) is 4.72 Å². The van der Waals surface area contributed by atoms with Crippen molar-refractivity contribution in [2.45, 2.75) is 24.5 Å². The highest BCUT2D eigenvalue weighted by molar-refractivity contribution is 7.89. The zero-order chi connectivity index (χ0) is 18.6. The lowest BCUT2D eigenvalue weighted by atomic mass is 10.3. The third-order valence-electron chi connectivity index (χ3n) is 3.01. The van der Waals surface area contributed by atoms with Gasteiger partial charge in [0, 0.05) is 22.0 Å². The Morgan fingerprint density at radius 3 is 2.60 bits per heavy atom. The standard InChI is InChI=1S/C14H13ClN2O6S2/c1-9(16-25(21,22)12-4-2-11(15)3-5-12)14(18)23-7-10-6-13(17(19)20)24-8-10/h2-6,8-9,16H,7H2,1H3/t9-/m0/s1. The van der Waals surface area contributed by atoms with Crippen molar-refractivity contribution in [1.29, 1.82) is 0 Å². The molecular weight excluding hydrogens is 392 g/mol. The minimum absolute atomic E-state index is 0.0370. The molecule has 0 spiro atoms. The first kappa shape index (κ1) is 19.3. The Bertz CT molecular complexity index is 879. The van der Waals surface area contributed by atoms with Gasteiger partial charge in [0.1, 0.15) is 12.6 Å². The zero-order valence-corrected chi connectivity index (χ0v) is 15.2. The molecule has 0 aliphatic carbocycles. The van der Waals surface area contributed by atoms with Gasteiger partial charge < -0.3 is 4.74 Å². The summed E-state index contributed by atoms with van der Waals surface area (Å²) in [6.07, 6.45) is 0. The fourth-order valence-corrected chi connectivity index (χ4v) is 3.81. The van der Waals surface area contributed by atoms with Crippen LogP contribution >= 0.6 is 22.9 Å². The lowest BCUT2D eigenvalue weighted by Gasteiger charge is -2.13. The van der Waals surface area contributed by atoms with Crippen LogP contribution in [0.1, 0.15) is 12.5 Å². The van der Waals surface area contributed by atoms with E-state index in [-0.39, 0.29) is 16.5 Å². The quantitative estimate of drug-likeness (QED) is 0.431. The maximum absolute atomic E-state index is 12.2. The van der Waals surface area contributed by atoms with Gasteiger partial charge in [-0.1, -0.05) is 22.9 Å². The van der Waals surface area contributed by atoms with Gasteiger partial charge in [0.25, 0.3) is 0 Å². The molecule has 8 nitrogen and oxygen atoms in total. The second-order valence-corrected chi connectivity index (χ2v) is 8.00. The van der Waals surface area contributed by atoms with Crippen molar-refractivity contribution >= 4 is 43.9 Å². The van der Waals surface area contributed by atoms with Crippen molar-refractivity contribution in [3.05, 3.63) is 56.4 Å². The number of carbonyl (C=O) groups excluding carboxylic acids is 1. The fourth-order valence-electron chi connectivity index (χ4n) is 1.78. The molecule has 11 heteroatoms. The second-order valence-electron chi connectivity index (χ2n) is 4.95. The summed E-state index contributed by atoms with van der Waals surface area (Å²) >= 11 is 6.62. The summed E-state index contributed by atoms with van der Waals surface area (Å²) in [7, 11) is -3.91. The number of nitrogens with zero attached hydrogens (tertiary/aromatic N) is 1. The number of halogens is 1. The van der Waals surface area contributed by atoms with E-state index in [1.54, 1.807) is 0 Å². The van der Waals surface area contributed by atoms with Crippen LogP contribution < -0.4 is 4.72 Å². The molecule has 0 saturated heterocycles. The molecule has 0 saturated carbocycles. The Kier molecular flexibility index (Phi) is 6.11. The van der Waals surface area contributed by atoms with Gasteiger partial charge in [0.05, 0.1) is 9.82 Å². The molecule has 25 heavy (non-hydrogen) atoms. The highest BCUT2D eigenvalue weighted by Crippen LogP contribution is 2.23. The molecule has 0 radical (unpaired) electrons. The summed E-state index contributed by atoms with van der Waals surface area (Å²) < 4.78 is 31.5. The van der Waals surface area contributed by atoms with Crippen LogP contribution in [0.5, 0.6) is 0 Å². The van der Waals surface area contributed by atoms with Crippen molar-refractivity contribution in [3.63, 3.8) is 0 Å². The third kappa shape index (κ3) is 5.23. The summed E-state index contributed by atoms with van der Waals surface area (Å²) in [5, 5.41) is 12.4. The minimum atomic E-state index is -3.91. The van der Waals surface area contributed by atoms with Crippen LogP contribution in [0.4, 0.5) is 5.00 Å². The first-order valence-corrected chi connectivity index (χ1v) is 9.59.